The normalized spacial score (nSPS) is 11.0. The molecule has 0 radical (unpaired) electrons. The molecule has 0 unspecified atom stereocenters. The summed E-state index contributed by atoms with van der Waals surface area (Å²) in [7, 11) is 1.60. The molecular weight excluding hydrogens is 426 g/mol. The lowest BCUT2D eigenvalue weighted by Gasteiger charge is -2.14. The van der Waals surface area contributed by atoms with Crippen molar-refractivity contribution >= 4 is 33.4 Å². The van der Waals surface area contributed by atoms with Crippen LogP contribution in [-0.2, 0) is 29.5 Å². The number of aromatic nitrogens is 3. The van der Waals surface area contributed by atoms with Gasteiger partial charge in [-0.25, -0.2) is 9.78 Å². The number of rotatable bonds is 7. The second-order valence-corrected chi connectivity index (χ2v) is 7.42. The fraction of sp³-hybridized carbons (Fsp3) is 0.300. The number of halogens is 1. The molecular formula is C20H20BrN3O4. The Morgan fingerprint density at radius 2 is 1.93 bits per heavy atom. The first-order valence-corrected chi connectivity index (χ1v) is 9.61. The Hall–Kier alpha value is -2.74. The highest BCUT2D eigenvalue weighted by Crippen LogP contribution is 2.24. The molecule has 3 aromatic rings. The molecule has 0 atom stereocenters. The number of pyridine rings is 1. The average molecular weight is 446 g/mol. The highest BCUT2D eigenvalue weighted by Gasteiger charge is 2.18. The molecule has 0 aliphatic rings. The van der Waals surface area contributed by atoms with Gasteiger partial charge in [-0.2, -0.15) is 0 Å². The van der Waals surface area contributed by atoms with Gasteiger partial charge in [0.1, 0.15) is 5.65 Å². The number of hydrogen-bond donors (Lipinski definition) is 0. The predicted molar refractivity (Wildman–Crippen MR) is 110 cm³/mol. The molecule has 0 aliphatic heterocycles. The van der Waals surface area contributed by atoms with Crippen LogP contribution in [0.2, 0.25) is 0 Å². The molecule has 7 nitrogen and oxygen atoms in total. The van der Waals surface area contributed by atoms with E-state index in [9.17, 15) is 14.4 Å². The lowest BCUT2D eigenvalue weighted by atomic mass is 10.0. The Kier molecular flexibility index (Phi) is 6.08. The van der Waals surface area contributed by atoms with Crippen molar-refractivity contribution in [3.63, 3.8) is 0 Å². The third-order valence-electron chi connectivity index (χ3n) is 4.62. The van der Waals surface area contributed by atoms with Gasteiger partial charge >= 0.3 is 5.69 Å². The van der Waals surface area contributed by atoms with Crippen molar-refractivity contribution in [3.05, 3.63) is 72.5 Å². The van der Waals surface area contributed by atoms with Gasteiger partial charge in [-0.3, -0.25) is 18.7 Å². The molecule has 2 heterocycles. The fourth-order valence-electron chi connectivity index (χ4n) is 3.12. The minimum absolute atomic E-state index is 0.143. The second kappa shape index (κ2) is 8.52. The first-order valence-electron chi connectivity index (χ1n) is 8.81. The topological polar surface area (TPSA) is 83.2 Å². The van der Waals surface area contributed by atoms with E-state index in [1.807, 2.05) is 31.2 Å². The molecule has 28 heavy (non-hydrogen) atoms. The third-order valence-corrected chi connectivity index (χ3v) is 5.31. The van der Waals surface area contributed by atoms with E-state index in [0.717, 1.165) is 16.7 Å². The van der Waals surface area contributed by atoms with Crippen LogP contribution in [-0.4, -0.2) is 27.2 Å². The van der Waals surface area contributed by atoms with E-state index >= 15 is 0 Å². The van der Waals surface area contributed by atoms with Gasteiger partial charge in [0.15, 0.2) is 0 Å². The van der Waals surface area contributed by atoms with Gasteiger partial charge in [0.2, 0.25) is 0 Å². The summed E-state index contributed by atoms with van der Waals surface area (Å²) in [6.45, 7) is 2.67. The number of carbonyl (C=O) groups is 1. The summed E-state index contributed by atoms with van der Waals surface area (Å²) in [6, 6.07) is 8.08. The molecule has 1 aromatic carbocycles. The number of carbonyl (C=O) groups excluding carboxylic acids is 1. The van der Waals surface area contributed by atoms with Crippen LogP contribution < -0.4 is 11.2 Å². The molecule has 0 bridgehead atoms. The van der Waals surface area contributed by atoms with Crippen LogP contribution in [0, 0.1) is 6.92 Å². The van der Waals surface area contributed by atoms with Crippen molar-refractivity contribution < 1.29 is 9.53 Å². The Bertz CT molecular complexity index is 1130. The Morgan fingerprint density at radius 3 is 2.61 bits per heavy atom. The van der Waals surface area contributed by atoms with Crippen LogP contribution in [0.4, 0.5) is 0 Å². The second-order valence-electron chi connectivity index (χ2n) is 6.56. The molecule has 0 N–H and O–H groups in total. The van der Waals surface area contributed by atoms with Gasteiger partial charge in [-0.05, 0) is 46.8 Å². The first-order chi connectivity index (χ1) is 13.4. The predicted octanol–water partition coefficient (Wildman–Crippen LogP) is 2.32. The molecule has 0 amide bonds. The van der Waals surface area contributed by atoms with E-state index in [0.29, 0.717) is 34.8 Å². The standard InChI is InChI=1S/C20H20BrN3O4/c1-13-4-6-14(7-5-13)10-15-16(21)11-22-18-17(15)19(26)24(20(27)23(18)2)8-3-9-28-12-25/h4-7,11-12H,3,8-10H2,1-2H3. The summed E-state index contributed by atoms with van der Waals surface area (Å²) >= 11 is 3.51. The maximum absolute atomic E-state index is 13.2. The van der Waals surface area contributed by atoms with E-state index < -0.39 is 5.69 Å². The van der Waals surface area contributed by atoms with Gasteiger partial charge in [0.25, 0.3) is 12.0 Å². The van der Waals surface area contributed by atoms with Crippen LogP contribution in [0.1, 0.15) is 23.1 Å². The number of hydrogen-bond acceptors (Lipinski definition) is 5. The van der Waals surface area contributed by atoms with Crippen molar-refractivity contribution in [3.8, 4) is 0 Å². The molecule has 8 heteroatoms. The molecule has 3 rings (SSSR count). The lowest BCUT2D eigenvalue weighted by molar-refractivity contribution is -0.128. The molecule has 0 saturated carbocycles. The highest BCUT2D eigenvalue weighted by atomic mass is 79.9. The largest absolute Gasteiger partial charge is 0.468 e. The minimum atomic E-state index is -0.445. The Balaban J connectivity index is 2.15. The number of ether oxygens (including phenoxy) is 1. The summed E-state index contributed by atoms with van der Waals surface area (Å²) in [5, 5.41) is 0.411. The quantitative estimate of drug-likeness (QED) is 0.411. The van der Waals surface area contributed by atoms with Gasteiger partial charge < -0.3 is 4.74 Å². The summed E-state index contributed by atoms with van der Waals surface area (Å²) in [4.78, 5) is 40.4. The number of benzene rings is 1. The zero-order chi connectivity index (χ0) is 20.3. The molecule has 0 saturated heterocycles. The van der Waals surface area contributed by atoms with E-state index in [-0.39, 0.29) is 18.7 Å². The average Bonchev–Trinajstić information content (AvgIpc) is 2.68. The monoisotopic (exact) mass is 445 g/mol. The van der Waals surface area contributed by atoms with Crippen LogP contribution >= 0.6 is 15.9 Å². The van der Waals surface area contributed by atoms with Gasteiger partial charge in [0.05, 0.1) is 12.0 Å². The van der Waals surface area contributed by atoms with E-state index in [4.69, 9.17) is 0 Å². The van der Waals surface area contributed by atoms with Crippen molar-refractivity contribution in [1.82, 2.24) is 14.1 Å². The Morgan fingerprint density at radius 1 is 1.21 bits per heavy atom. The third kappa shape index (κ3) is 3.91. The van der Waals surface area contributed by atoms with Gasteiger partial charge in [0, 0.05) is 24.3 Å². The van der Waals surface area contributed by atoms with Crippen LogP contribution in [0.15, 0.2) is 44.5 Å². The fourth-order valence-corrected chi connectivity index (χ4v) is 3.56. The summed E-state index contributed by atoms with van der Waals surface area (Å²) < 4.78 is 7.92. The number of aryl methyl sites for hydroxylation is 2. The summed E-state index contributed by atoms with van der Waals surface area (Å²) in [5.74, 6) is 0. The summed E-state index contributed by atoms with van der Waals surface area (Å²) in [5.41, 5.74) is 2.51. The number of fused-ring (bicyclic) bond motifs is 1. The highest BCUT2D eigenvalue weighted by molar-refractivity contribution is 9.10. The zero-order valence-electron chi connectivity index (χ0n) is 15.6. The van der Waals surface area contributed by atoms with Crippen LogP contribution in [0.25, 0.3) is 11.0 Å². The molecule has 2 aromatic heterocycles. The van der Waals surface area contributed by atoms with E-state index in [1.54, 1.807) is 13.2 Å². The smallest absolute Gasteiger partial charge is 0.332 e. The van der Waals surface area contributed by atoms with E-state index in [2.05, 4.69) is 25.7 Å². The van der Waals surface area contributed by atoms with Gasteiger partial charge in [-0.1, -0.05) is 29.8 Å². The molecule has 0 fully saturated rings. The summed E-state index contributed by atoms with van der Waals surface area (Å²) in [6.07, 6.45) is 2.52. The van der Waals surface area contributed by atoms with Gasteiger partial charge in [-0.15, -0.1) is 0 Å². The van der Waals surface area contributed by atoms with Crippen LogP contribution in [0.3, 0.4) is 0 Å². The molecule has 0 spiro atoms. The molecule has 146 valence electrons. The lowest BCUT2D eigenvalue weighted by Crippen LogP contribution is -2.40. The zero-order valence-corrected chi connectivity index (χ0v) is 17.2. The maximum atomic E-state index is 13.2. The SMILES string of the molecule is Cc1ccc(Cc2c(Br)cnc3c2c(=O)n(CCCOC=O)c(=O)n3C)cc1. The van der Waals surface area contributed by atoms with Crippen LogP contribution in [0.5, 0.6) is 0 Å². The van der Waals surface area contributed by atoms with E-state index in [1.165, 1.54) is 9.13 Å². The Labute approximate surface area is 169 Å². The van der Waals surface area contributed by atoms with Crippen molar-refractivity contribution in [2.45, 2.75) is 26.3 Å². The van der Waals surface area contributed by atoms with Crippen molar-refractivity contribution in [2.24, 2.45) is 7.05 Å². The van der Waals surface area contributed by atoms with Crippen molar-refractivity contribution in [2.75, 3.05) is 6.61 Å². The minimum Gasteiger partial charge on any atom is -0.468 e. The maximum Gasteiger partial charge on any atom is 0.332 e. The first kappa shape index (κ1) is 20.0. The molecule has 0 aliphatic carbocycles. The van der Waals surface area contributed by atoms with Crippen molar-refractivity contribution in [1.29, 1.82) is 0 Å². The number of nitrogens with zero attached hydrogens (tertiary/aromatic N) is 3.